The van der Waals surface area contributed by atoms with Crippen molar-refractivity contribution in [2.45, 2.75) is 22.7 Å². The van der Waals surface area contributed by atoms with Crippen molar-refractivity contribution >= 4 is 52.2 Å². The number of carbonyl (C=O) groups excluding carboxylic acids is 2. The van der Waals surface area contributed by atoms with Crippen molar-refractivity contribution in [1.82, 2.24) is 15.2 Å². The van der Waals surface area contributed by atoms with Gasteiger partial charge in [0.05, 0.1) is 11.9 Å². The molecule has 0 saturated carbocycles. The molecule has 34 heavy (non-hydrogen) atoms. The van der Waals surface area contributed by atoms with E-state index in [1.54, 1.807) is 6.20 Å². The van der Waals surface area contributed by atoms with E-state index < -0.39 is 17.4 Å². The molecule has 2 atom stereocenters. The highest BCUT2D eigenvalue weighted by atomic mass is 32.2. The fraction of sp³-hybridized carbons (Fsp3) is 0.200. The molecule has 2 aliphatic rings. The number of pyridine rings is 1. The number of thioether (sulfide) groups is 2. The zero-order chi connectivity index (χ0) is 23.7. The highest BCUT2D eigenvalue weighted by Gasteiger charge is 2.54. The molecule has 0 radical (unpaired) electrons. The normalized spacial score (nSPS) is 19.5. The number of amides is 2. The van der Waals surface area contributed by atoms with Crippen molar-refractivity contribution in [3.8, 4) is 0 Å². The number of hydrogen-bond donors (Lipinski definition) is 2. The lowest BCUT2D eigenvalue weighted by Gasteiger charge is -2.49. The van der Waals surface area contributed by atoms with Gasteiger partial charge in [0.2, 0.25) is 5.91 Å². The third-order valence-electron chi connectivity index (χ3n) is 5.77. The topological polar surface area (TPSA) is 99.6 Å². The van der Waals surface area contributed by atoms with E-state index in [1.165, 1.54) is 28.4 Å². The number of β-lactam (4-membered cyclic amide) rings is 1. The van der Waals surface area contributed by atoms with Gasteiger partial charge in [0.1, 0.15) is 17.1 Å². The molecule has 2 N–H and O–H groups in total. The van der Waals surface area contributed by atoms with E-state index in [9.17, 15) is 19.5 Å². The van der Waals surface area contributed by atoms with Crippen LogP contribution in [0.25, 0.3) is 10.9 Å². The van der Waals surface area contributed by atoms with Crippen LogP contribution in [0.4, 0.5) is 0 Å². The number of nitrogens with zero attached hydrogens (tertiary/aromatic N) is 2. The maximum atomic E-state index is 12.9. The number of hydrogen-bond acceptors (Lipinski definition) is 6. The molecule has 2 aromatic carbocycles. The number of aliphatic carboxylic acids is 1. The maximum absolute atomic E-state index is 12.9. The van der Waals surface area contributed by atoms with Gasteiger partial charge in [-0.3, -0.25) is 19.5 Å². The van der Waals surface area contributed by atoms with Gasteiger partial charge in [0.15, 0.2) is 0 Å². The monoisotopic (exact) mass is 491 g/mol. The molecule has 2 aliphatic heterocycles. The van der Waals surface area contributed by atoms with E-state index in [0.29, 0.717) is 17.1 Å². The van der Waals surface area contributed by atoms with Crippen LogP contribution in [0.5, 0.6) is 0 Å². The van der Waals surface area contributed by atoms with Crippen LogP contribution in [-0.4, -0.2) is 55.7 Å². The van der Waals surface area contributed by atoms with Crippen molar-refractivity contribution < 1.29 is 19.5 Å². The minimum atomic E-state index is -1.13. The largest absolute Gasteiger partial charge is 0.477 e. The summed E-state index contributed by atoms with van der Waals surface area (Å²) in [5.74, 6) is -0.849. The molecule has 3 heterocycles. The Morgan fingerprint density at radius 2 is 1.91 bits per heavy atom. The molecule has 1 fully saturated rings. The molecule has 1 aromatic heterocycles. The van der Waals surface area contributed by atoms with Gasteiger partial charge in [0, 0.05) is 28.0 Å². The zero-order valence-electron chi connectivity index (χ0n) is 18.0. The second-order valence-electron chi connectivity index (χ2n) is 7.99. The molecule has 172 valence electrons. The fourth-order valence-electron chi connectivity index (χ4n) is 4.16. The van der Waals surface area contributed by atoms with Gasteiger partial charge >= 0.3 is 5.97 Å². The number of fused-ring (bicyclic) bond motifs is 2. The summed E-state index contributed by atoms with van der Waals surface area (Å²) >= 11 is 3.00. The quantitative estimate of drug-likeness (QED) is 0.386. The average Bonchev–Trinajstić information content (AvgIpc) is 2.85. The predicted octanol–water partition coefficient (Wildman–Crippen LogP) is 3.31. The van der Waals surface area contributed by atoms with E-state index in [2.05, 4.69) is 10.3 Å². The van der Waals surface area contributed by atoms with Gasteiger partial charge in [-0.1, -0.05) is 48.5 Å². The number of nitrogens with one attached hydrogen (secondary N) is 1. The first kappa shape index (κ1) is 22.5. The first-order valence-electron chi connectivity index (χ1n) is 10.7. The standard InChI is InChI=1S/C25H21N3O4S2/c29-19(12-15-6-2-1-3-7-15)27-21-23(30)28-22(25(31)32)17(14-34-24(21)28)13-33-18-10-4-8-16-9-5-11-26-20(16)18/h1-11,21,24H,12-14H2,(H,27,29)(H,31,32)/t21-,24-/m1/s1. The number of aromatic nitrogens is 1. The number of para-hydroxylation sites is 1. The van der Waals surface area contributed by atoms with E-state index in [0.717, 1.165) is 21.4 Å². The molecular formula is C25H21N3O4S2. The van der Waals surface area contributed by atoms with Crippen molar-refractivity contribution in [2.24, 2.45) is 0 Å². The maximum Gasteiger partial charge on any atom is 0.352 e. The Labute approximate surface area is 204 Å². The van der Waals surface area contributed by atoms with E-state index in [1.807, 2.05) is 60.7 Å². The second kappa shape index (κ2) is 9.52. The average molecular weight is 492 g/mol. The van der Waals surface area contributed by atoms with Crippen LogP contribution in [-0.2, 0) is 20.8 Å². The first-order chi connectivity index (χ1) is 16.5. The number of benzene rings is 2. The molecule has 0 bridgehead atoms. The van der Waals surface area contributed by atoms with Crippen LogP contribution in [0.1, 0.15) is 5.56 Å². The second-order valence-corrected chi connectivity index (χ2v) is 10.1. The lowest BCUT2D eigenvalue weighted by Crippen LogP contribution is -2.70. The highest BCUT2D eigenvalue weighted by Crippen LogP contribution is 2.42. The van der Waals surface area contributed by atoms with Gasteiger partial charge in [-0.05, 0) is 23.3 Å². The smallest absolute Gasteiger partial charge is 0.352 e. The minimum Gasteiger partial charge on any atom is -0.477 e. The van der Waals surface area contributed by atoms with Gasteiger partial charge in [-0.25, -0.2) is 4.79 Å². The Morgan fingerprint density at radius 3 is 2.71 bits per heavy atom. The molecule has 0 spiro atoms. The van der Waals surface area contributed by atoms with Gasteiger partial charge < -0.3 is 10.4 Å². The summed E-state index contributed by atoms with van der Waals surface area (Å²) in [4.78, 5) is 44.2. The molecule has 9 heteroatoms. The van der Waals surface area contributed by atoms with E-state index in [-0.39, 0.29) is 23.9 Å². The van der Waals surface area contributed by atoms with Crippen LogP contribution >= 0.6 is 23.5 Å². The number of carboxylic acid groups (broad SMARTS) is 1. The first-order valence-corrected chi connectivity index (χ1v) is 12.8. The molecule has 0 aliphatic carbocycles. The van der Waals surface area contributed by atoms with Gasteiger partial charge in [0.25, 0.3) is 5.91 Å². The molecular weight excluding hydrogens is 470 g/mol. The van der Waals surface area contributed by atoms with Crippen LogP contribution in [0.3, 0.4) is 0 Å². The number of carboxylic acids is 1. The lowest BCUT2D eigenvalue weighted by molar-refractivity contribution is -0.150. The van der Waals surface area contributed by atoms with Crippen LogP contribution in [0, 0.1) is 0 Å². The van der Waals surface area contributed by atoms with Gasteiger partial charge in [-0.2, -0.15) is 0 Å². The minimum absolute atomic E-state index is 0.0306. The van der Waals surface area contributed by atoms with Crippen molar-refractivity contribution in [1.29, 1.82) is 0 Å². The molecule has 5 rings (SSSR count). The van der Waals surface area contributed by atoms with Crippen LogP contribution in [0.2, 0.25) is 0 Å². The van der Waals surface area contributed by atoms with Crippen molar-refractivity contribution in [2.75, 3.05) is 11.5 Å². The Kier molecular flexibility index (Phi) is 6.30. The molecule has 0 unspecified atom stereocenters. The van der Waals surface area contributed by atoms with Crippen molar-refractivity contribution in [3.05, 3.63) is 83.7 Å². The van der Waals surface area contributed by atoms with Crippen molar-refractivity contribution in [3.63, 3.8) is 0 Å². The Bertz CT molecular complexity index is 1310. The number of rotatable bonds is 7. The Balaban J connectivity index is 1.30. The molecule has 7 nitrogen and oxygen atoms in total. The summed E-state index contributed by atoms with van der Waals surface area (Å²) in [5, 5.41) is 13.3. The predicted molar refractivity (Wildman–Crippen MR) is 132 cm³/mol. The van der Waals surface area contributed by atoms with E-state index in [4.69, 9.17) is 0 Å². The number of carbonyl (C=O) groups is 3. The zero-order valence-corrected chi connectivity index (χ0v) is 19.6. The summed E-state index contributed by atoms with van der Waals surface area (Å²) in [6.07, 6.45) is 1.91. The fourth-order valence-corrected chi connectivity index (χ4v) is 6.68. The third-order valence-corrected chi connectivity index (χ3v) is 8.24. The summed E-state index contributed by atoms with van der Waals surface area (Å²) in [6, 6.07) is 18.3. The van der Waals surface area contributed by atoms with E-state index >= 15 is 0 Å². The molecule has 2 amide bonds. The summed E-state index contributed by atoms with van der Waals surface area (Å²) in [7, 11) is 0. The van der Waals surface area contributed by atoms with Gasteiger partial charge in [-0.15, -0.1) is 23.5 Å². The Morgan fingerprint density at radius 1 is 1.12 bits per heavy atom. The third kappa shape index (κ3) is 4.28. The van der Waals surface area contributed by atoms with Crippen LogP contribution < -0.4 is 5.32 Å². The summed E-state index contributed by atoms with van der Waals surface area (Å²) < 4.78 is 0. The summed E-state index contributed by atoms with van der Waals surface area (Å²) in [5.41, 5.74) is 2.44. The molecule has 3 aromatic rings. The Hall–Kier alpha value is -3.30. The summed E-state index contributed by atoms with van der Waals surface area (Å²) in [6.45, 7) is 0. The SMILES string of the molecule is O=C(Cc1ccccc1)N[C@@H]1C(=O)N2C(C(=O)O)=C(CSc3cccc4cccnc34)CS[C@H]12. The van der Waals surface area contributed by atoms with Crippen LogP contribution in [0.15, 0.2) is 83.0 Å². The highest BCUT2D eigenvalue weighted by molar-refractivity contribution is 8.01. The molecule has 1 saturated heterocycles. The lowest BCUT2D eigenvalue weighted by atomic mass is 10.0.